The summed E-state index contributed by atoms with van der Waals surface area (Å²) in [6.45, 7) is 9.62. The highest BCUT2D eigenvalue weighted by Crippen LogP contribution is 2.40. The monoisotopic (exact) mass is 394 g/mol. The van der Waals surface area contributed by atoms with Gasteiger partial charge < -0.3 is 5.73 Å². The molecule has 0 spiro atoms. The Bertz CT molecular complexity index is 754. The van der Waals surface area contributed by atoms with Crippen molar-refractivity contribution in [1.29, 1.82) is 0 Å². The van der Waals surface area contributed by atoms with Crippen molar-refractivity contribution in [3.05, 3.63) is 32.8 Å². The first-order valence-electron chi connectivity index (χ1n) is 7.88. The zero-order valence-corrected chi connectivity index (χ0v) is 15.9. The highest BCUT2D eigenvalue weighted by atomic mass is 32.1. The maximum atomic E-state index is 12.7. The second-order valence-electron chi connectivity index (χ2n) is 4.17. The predicted octanol–water partition coefficient (Wildman–Crippen LogP) is 4.71. The zero-order chi connectivity index (χ0) is 20.7. The highest BCUT2D eigenvalue weighted by molar-refractivity contribution is 7.18. The highest BCUT2D eigenvalue weighted by Gasteiger charge is 2.36. The molecule has 0 bridgehead atoms. The Morgan fingerprint density at radius 1 is 1.31 bits per heavy atom. The largest absolute Gasteiger partial charge is 0.435 e. The Kier molecular flexibility index (Phi) is 8.97. The molecule has 2 rings (SSSR count). The predicted molar refractivity (Wildman–Crippen MR) is 94.1 cm³/mol. The topological polar surface area (TPSA) is 104 Å². The van der Waals surface area contributed by atoms with Gasteiger partial charge >= 0.3 is 6.18 Å². The molecule has 146 valence electrons. The third kappa shape index (κ3) is 5.28. The summed E-state index contributed by atoms with van der Waals surface area (Å²) < 4.78 is 39.2. The van der Waals surface area contributed by atoms with Crippen LogP contribution >= 0.6 is 11.3 Å². The van der Waals surface area contributed by atoms with Crippen molar-refractivity contribution < 1.29 is 22.9 Å². The number of alkyl halides is 3. The Hall–Kier alpha value is -2.43. The maximum absolute atomic E-state index is 12.7. The third-order valence-corrected chi connectivity index (χ3v) is 3.92. The van der Waals surface area contributed by atoms with Gasteiger partial charge in [-0.1, -0.05) is 27.7 Å². The van der Waals surface area contributed by atoms with Crippen LogP contribution in [0.5, 0.6) is 0 Å². The summed E-state index contributed by atoms with van der Waals surface area (Å²) in [6.07, 6.45) is -4.67. The third-order valence-electron chi connectivity index (χ3n) is 2.75. The van der Waals surface area contributed by atoms with Gasteiger partial charge in [0.15, 0.2) is 5.69 Å². The van der Waals surface area contributed by atoms with Crippen molar-refractivity contribution in [2.24, 2.45) is 5.73 Å². The van der Waals surface area contributed by atoms with Gasteiger partial charge in [0.05, 0.1) is 15.5 Å². The van der Waals surface area contributed by atoms with E-state index in [2.05, 4.69) is 5.10 Å². The summed E-state index contributed by atoms with van der Waals surface area (Å²) >= 11 is 0.658. The van der Waals surface area contributed by atoms with E-state index in [1.54, 1.807) is 6.92 Å². The molecule has 0 saturated heterocycles. The number of thiophene rings is 1. The molecule has 0 atom stereocenters. The van der Waals surface area contributed by atoms with E-state index >= 15 is 0 Å². The smallest absolute Gasteiger partial charge is 0.365 e. The molecule has 0 aliphatic carbocycles. The van der Waals surface area contributed by atoms with Gasteiger partial charge in [0.1, 0.15) is 4.88 Å². The van der Waals surface area contributed by atoms with Crippen LogP contribution in [0.25, 0.3) is 10.6 Å². The molecule has 0 fully saturated rings. The number of aromatic nitrogens is 2. The van der Waals surface area contributed by atoms with Gasteiger partial charge in [-0.2, -0.15) is 18.3 Å². The number of primary amides is 1. The second kappa shape index (κ2) is 9.90. The summed E-state index contributed by atoms with van der Waals surface area (Å²) in [5.74, 6) is -0.891. The molecular formula is C15H21F3N4O3S. The van der Waals surface area contributed by atoms with Crippen LogP contribution in [-0.4, -0.2) is 20.6 Å². The number of amides is 1. The summed E-state index contributed by atoms with van der Waals surface area (Å²) in [6, 6.07) is 1.66. The van der Waals surface area contributed by atoms with E-state index in [-0.39, 0.29) is 22.0 Å². The van der Waals surface area contributed by atoms with Crippen molar-refractivity contribution >= 4 is 22.9 Å². The fourth-order valence-corrected chi connectivity index (χ4v) is 2.80. The van der Waals surface area contributed by atoms with Gasteiger partial charge in [0, 0.05) is 12.6 Å². The lowest BCUT2D eigenvalue weighted by Crippen LogP contribution is -2.08. The summed E-state index contributed by atoms with van der Waals surface area (Å²) in [5.41, 5.74) is 3.34. The number of nitrogens with two attached hydrogens (primary N) is 1. The quantitative estimate of drug-likeness (QED) is 0.599. The standard InChI is InChI=1S/C11H9F3N4O3S.2C2H6/c1-2-17-5(4-8(16-17)11(12,13)14)9-6(18(20)21)3-7(22-9)10(15)19;2*1-2/h3-4H,2H2,1H3,(H2,15,19);2*1-2H3. The Morgan fingerprint density at radius 3 is 2.23 bits per heavy atom. The average molecular weight is 394 g/mol. The number of carbonyl (C=O) groups is 1. The molecule has 26 heavy (non-hydrogen) atoms. The average Bonchev–Trinajstić information content (AvgIpc) is 3.22. The van der Waals surface area contributed by atoms with E-state index in [1.165, 1.54) is 0 Å². The summed E-state index contributed by atoms with van der Waals surface area (Å²) in [7, 11) is 0. The van der Waals surface area contributed by atoms with Gasteiger partial charge in [0.2, 0.25) is 0 Å². The second-order valence-corrected chi connectivity index (χ2v) is 5.23. The van der Waals surface area contributed by atoms with Crippen molar-refractivity contribution in [1.82, 2.24) is 9.78 Å². The number of nitrogens with zero attached hydrogens (tertiary/aromatic N) is 3. The van der Waals surface area contributed by atoms with Crippen LogP contribution in [0, 0.1) is 10.1 Å². The lowest BCUT2D eigenvalue weighted by Gasteiger charge is -2.01. The van der Waals surface area contributed by atoms with Gasteiger partial charge in [-0.3, -0.25) is 19.6 Å². The molecule has 0 radical (unpaired) electrons. The number of hydrogen-bond donors (Lipinski definition) is 1. The van der Waals surface area contributed by atoms with Crippen LogP contribution in [0.2, 0.25) is 0 Å². The molecule has 0 aliphatic rings. The van der Waals surface area contributed by atoms with E-state index < -0.39 is 28.4 Å². The van der Waals surface area contributed by atoms with Crippen LogP contribution in [0.1, 0.15) is 50.0 Å². The van der Waals surface area contributed by atoms with E-state index in [0.717, 1.165) is 10.7 Å². The van der Waals surface area contributed by atoms with E-state index in [9.17, 15) is 28.1 Å². The van der Waals surface area contributed by atoms with Crippen molar-refractivity contribution in [3.63, 3.8) is 0 Å². The van der Waals surface area contributed by atoms with Gasteiger partial charge in [-0.15, -0.1) is 11.3 Å². The first-order chi connectivity index (χ1) is 12.1. The van der Waals surface area contributed by atoms with Crippen molar-refractivity contribution in [2.75, 3.05) is 0 Å². The molecule has 0 saturated carbocycles. The fraction of sp³-hybridized carbons (Fsp3) is 0.467. The Labute approximate surface area is 152 Å². The lowest BCUT2D eigenvalue weighted by atomic mass is 10.2. The van der Waals surface area contributed by atoms with Gasteiger partial charge in [-0.25, -0.2) is 0 Å². The van der Waals surface area contributed by atoms with Crippen molar-refractivity contribution in [2.45, 2.75) is 47.3 Å². The van der Waals surface area contributed by atoms with Crippen LogP contribution in [0.3, 0.4) is 0 Å². The summed E-state index contributed by atoms with van der Waals surface area (Å²) in [5, 5.41) is 14.4. The van der Waals surface area contributed by atoms with Crippen molar-refractivity contribution in [3.8, 4) is 10.6 Å². The minimum atomic E-state index is -4.67. The fourth-order valence-electron chi connectivity index (χ4n) is 1.80. The van der Waals surface area contributed by atoms with Crippen LogP contribution in [0.4, 0.5) is 18.9 Å². The Balaban J connectivity index is 0.00000146. The number of hydrogen-bond acceptors (Lipinski definition) is 5. The number of nitro groups is 1. The van der Waals surface area contributed by atoms with E-state index in [0.29, 0.717) is 17.4 Å². The zero-order valence-electron chi connectivity index (χ0n) is 15.0. The van der Waals surface area contributed by atoms with E-state index in [1.807, 2.05) is 27.7 Å². The molecule has 2 aromatic rings. The molecule has 1 amide bonds. The molecule has 2 N–H and O–H groups in total. The van der Waals surface area contributed by atoms with Crippen LogP contribution in [-0.2, 0) is 12.7 Å². The molecule has 2 aromatic heterocycles. The molecule has 2 heterocycles. The SMILES string of the molecule is CC.CC.CCn1nc(C(F)(F)F)cc1-c1sc(C(N)=O)cc1[N+](=O)[O-]. The number of aryl methyl sites for hydroxylation is 1. The van der Waals surface area contributed by atoms with Crippen LogP contribution < -0.4 is 5.73 Å². The minimum Gasteiger partial charge on any atom is -0.365 e. The normalized spacial score (nSPS) is 10.3. The molecule has 11 heteroatoms. The van der Waals surface area contributed by atoms with Gasteiger partial charge in [0.25, 0.3) is 11.6 Å². The first-order valence-corrected chi connectivity index (χ1v) is 8.70. The summed E-state index contributed by atoms with van der Waals surface area (Å²) in [4.78, 5) is 21.2. The number of carbonyl (C=O) groups excluding carboxylic acids is 1. The van der Waals surface area contributed by atoms with Gasteiger partial charge in [-0.05, 0) is 13.0 Å². The molecule has 0 aromatic carbocycles. The minimum absolute atomic E-state index is 0.0758. The number of halogens is 3. The molecule has 7 nitrogen and oxygen atoms in total. The first kappa shape index (κ1) is 23.6. The lowest BCUT2D eigenvalue weighted by molar-refractivity contribution is -0.383. The molecule has 0 unspecified atom stereocenters. The van der Waals surface area contributed by atoms with Crippen LogP contribution in [0.15, 0.2) is 12.1 Å². The molecular weight excluding hydrogens is 373 g/mol. The molecule has 0 aliphatic heterocycles. The van der Waals surface area contributed by atoms with E-state index in [4.69, 9.17) is 5.73 Å². The number of rotatable bonds is 4. The maximum Gasteiger partial charge on any atom is 0.435 e. The Morgan fingerprint density at radius 2 is 1.85 bits per heavy atom.